The highest BCUT2D eigenvalue weighted by molar-refractivity contribution is 4.76. The van der Waals surface area contributed by atoms with Crippen LogP contribution in [0.25, 0.3) is 0 Å². The van der Waals surface area contributed by atoms with Gasteiger partial charge in [0.2, 0.25) is 0 Å². The number of aliphatic hydroxyl groups excluding tert-OH is 1. The van der Waals surface area contributed by atoms with Gasteiger partial charge in [-0.1, -0.05) is 20.8 Å². The molecule has 14 heavy (non-hydrogen) atoms. The minimum absolute atomic E-state index is 0.309. The summed E-state index contributed by atoms with van der Waals surface area (Å²) in [5.74, 6) is 0. The molecule has 0 bridgehead atoms. The van der Waals surface area contributed by atoms with E-state index in [9.17, 15) is 5.11 Å². The lowest BCUT2D eigenvalue weighted by atomic mass is 9.95. The van der Waals surface area contributed by atoms with Crippen LogP contribution in [-0.2, 0) is 4.74 Å². The maximum absolute atomic E-state index is 9.43. The van der Waals surface area contributed by atoms with Crippen molar-refractivity contribution in [1.82, 2.24) is 4.90 Å². The second-order valence-corrected chi connectivity index (χ2v) is 5.44. The SMILES string of the molecule is CC1CC(O)OCCN1CC(C)(C)C. The Morgan fingerprint density at radius 2 is 2.07 bits per heavy atom. The van der Waals surface area contributed by atoms with E-state index >= 15 is 0 Å². The van der Waals surface area contributed by atoms with Gasteiger partial charge in [-0.05, 0) is 12.3 Å². The smallest absolute Gasteiger partial charge is 0.156 e. The number of ether oxygens (including phenoxy) is 1. The maximum Gasteiger partial charge on any atom is 0.156 e. The fraction of sp³-hybridized carbons (Fsp3) is 1.00. The molecule has 0 aromatic carbocycles. The van der Waals surface area contributed by atoms with Crippen molar-refractivity contribution in [2.75, 3.05) is 19.7 Å². The monoisotopic (exact) mass is 201 g/mol. The zero-order valence-electron chi connectivity index (χ0n) is 9.79. The number of aliphatic hydroxyl groups is 1. The third kappa shape index (κ3) is 3.95. The Hall–Kier alpha value is -0.120. The lowest BCUT2D eigenvalue weighted by Gasteiger charge is -2.32. The van der Waals surface area contributed by atoms with E-state index < -0.39 is 6.29 Å². The molecule has 1 fully saturated rings. The van der Waals surface area contributed by atoms with E-state index in [1.807, 2.05) is 0 Å². The number of hydrogen-bond acceptors (Lipinski definition) is 3. The molecule has 1 aliphatic heterocycles. The average Bonchev–Trinajstić information content (AvgIpc) is 2.11. The highest BCUT2D eigenvalue weighted by Crippen LogP contribution is 2.20. The first-order chi connectivity index (χ1) is 6.38. The van der Waals surface area contributed by atoms with Gasteiger partial charge in [0.1, 0.15) is 0 Å². The first-order valence-corrected chi connectivity index (χ1v) is 5.42. The summed E-state index contributed by atoms with van der Waals surface area (Å²) in [5.41, 5.74) is 0.309. The summed E-state index contributed by atoms with van der Waals surface area (Å²) in [6.07, 6.45) is 0.144. The minimum atomic E-state index is -0.574. The molecule has 0 aromatic heterocycles. The molecule has 0 amide bonds. The van der Waals surface area contributed by atoms with Crippen molar-refractivity contribution < 1.29 is 9.84 Å². The van der Waals surface area contributed by atoms with Crippen LogP contribution >= 0.6 is 0 Å². The Balaban J connectivity index is 2.51. The Kier molecular flexibility index (Phi) is 3.93. The van der Waals surface area contributed by atoms with E-state index in [-0.39, 0.29) is 0 Å². The molecule has 1 aliphatic rings. The molecule has 2 atom stereocenters. The second-order valence-electron chi connectivity index (χ2n) is 5.44. The molecule has 84 valence electrons. The van der Waals surface area contributed by atoms with E-state index in [0.29, 0.717) is 18.1 Å². The van der Waals surface area contributed by atoms with Crippen molar-refractivity contribution in [3.63, 3.8) is 0 Å². The standard InChI is InChI=1S/C11H23NO2/c1-9-7-10(13)14-6-5-12(9)8-11(2,3)4/h9-10,13H,5-8H2,1-4H3. The van der Waals surface area contributed by atoms with Gasteiger partial charge in [0, 0.05) is 25.6 Å². The fourth-order valence-electron chi connectivity index (χ4n) is 1.88. The molecule has 3 heteroatoms. The summed E-state index contributed by atoms with van der Waals surface area (Å²) in [6.45, 7) is 11.5. The molecule has 0 aromatic rings. The van der Waals surface area contributed by atoms with Gasteiger partial charge < -0.3 is 9.84 Å². The fourth-order valence-corrected chi connectivity index (χ4v) is 1.88. The van der Waals surface area contributed by atoms with Crippen LogP contribution in [0.15, 0.2) is 0 Å². The third-order valence-corrected chi connectivity index (χ3v) is 2.53. The van der Waals surface area contributed by atoms with Crippen LogP contribution in [0.3, 0.4) is 0 Å². The molecular formula is C11H23NO2. The van der Waals surface area contributed by atoms with Gasteiger partial charge in [-0.25, -0.2) is 0 Å². The highest BCUT2D eigenvalue weighted by atomic mass is 16.6. The minimum Gasteiger partial charge on any atom is -0.368 e. The van der Waals surface area contributed by atoms with Crippen molar-refractivity contribution in [2.45, 2.75) is 46.4 Å². The summed E-state index contributed by atoms with van der Waals surface area (Å²) in [4.78, 5) is 2.40. The molecule has 1 N–H and O–H groups in total. The predicted molar refractivity (Wildman–Crippen MR) is 57.1 cm³/mol. The summed E-state index contributed by atoms with van der Waals surface area (Å²) in [7, 11) is 0. The van der Waals surface area contributed by atoms with Crippen LogP contribution in [-0.4, -0.2) is 42.0 Å². The first kappa shape index (κ1) is 12.0. The molecule has 2 unspecified atom stereocenters. The molecular weight excluding hydrogens is 178 g/mol. The Morgan fingerprint density at radius 3 is 2.64 bits per heavy atom. The van der Waals surface area contributed by atoms with Gasteiger partial charge in [0.25, 0.3) is 0 Å². The van der Waals surface area contributed by atoms with E-state index in [4.69, 9.17) is 4.74 Å². The third-order valence-electron chi connectivity index (χ3n) is 2.53. The molecule has 0 spiro atoms. The van der Waals surface area contributed by atoms with Crippen LogP contribution in [0, 0.1) is 5.41 Å². The van der Waals surface area contributed by atoms with Crippen LogP contribution in [0.4, 0.5) is 0 Å². The van der Waals surface area contributed by atoms with Crippen molar-refractivity contribution >= 4 is 0 Å². The lowest BCUT2D eigenvalue weighted by molar-refractivity contribution is -0.0944. The molecule has 1 saturated heterocycles. The van der Waals surface area contributed by atoms with E-state index in [0.717, 1.165) is 19.5 Å². The van der Waals surface area contributed by atoms with Gasteiger partial charge in [-0.3, -0.25) is 4.90 Å². The predicted octanol–water partition coefficient (Wildman–Crippen LogP) is 1.46. The van der Waals surface area contributed by atoms with Crippen molar-refractivity contribution in [3.05, 3.63) is 0 Å². The second kappa shape index (κ2) is 4.60. The Labute approximate surface area is 87.1 Å². The van der Waals surface area contributed by atoms with E-state index in [1.54, 1.807) is 0 Å². The maximum atomic E-state index is 9.43. The van der Waals surface area contributed by atoms with Crippen molar-refractivity contribution in [2.24, 2.45) is 5.41 Å². The molecule has 0 saturated carbocycles. The molecule has 3 nitrogen and oxygen atoms in total. The highest BCUT2D eigenvalue weighted by Gasteiger charge is 2.25. The van der Waals surface area contributed by atoms with E-state index in [2.05, 4.69) is 32.6 Å². The van der Waals surface area contributed by atoms with Gasteiger partial charge in [-0.2, -0.15) is 0 Å². The van der Waals surface area contributed by atoms with Crippen LogP contribution in [0.1, 0.15) is 34.1 Å². The lowest BCUT2D eigenvalue weighted by Crippen LogP contribution is -2.40. The summed E-state index contributed by atoms with van der Waals surface area (Å²) >= 11 is 0. The van der Waals surface area contributed by atoms with E-state index in [1.165, 1.54) is 0 Å². The van der Waals surface area contributed by atoms with Crippen LogP contribution < -0.4 is 0 Å². The quantitative estimate of drug-likeness (QED) is 0.697. The summed E-state index contributed by atoms with van der Waals surface area (Å²) < 4.78 is 5.23. The van der Waals surface area contributed by atoms with Crippen molar-refractivity contribution in [1.29, 1.82) is 0 Å². The summed E-state index contributed by atoms with van der Waals surface area (Å²) in [6, 6.07) is 0.409. The van der Waals surface area contributed by atoms with Crippen molar-refractivity contribution in [3.8, 4) is 0 Å². The van der Waals surface area contributed by atoms with Gasteiger partial charge in [0.05, 0.1) is 6.61 Å². The number of hydrogen-bond donors (Lipinski definition) is 1. The van der Waals surface area contributed by atoms with Gasteiger partial charge in [0.15, 0.2) is 6.29 Å². The molecule has 0 radical (unpaired) electrons. The topological polar surface area (TPSA) is 32.7 Å². The average molecular weight is 201 g/mol. The number of rotatable bonds is 1. The zero-order chi connectivity index (χ0) is 10.8. The normalized spacial score (nSPS) is 31.5. The van der Waals surface area contributed by atoms with Crippen LogP contribution in [0.5, 0.6) is 0 Å². The molecule has 1 rings (SSSR count). The Bertz CT molecular complexity index is 177. The first-order valence-electron chi connectivity index (χ1n) is 5.42. The van der Waals surface area contributed by atoms with Gasteiger partial charge >= 0.3 is 0 Å². The molecule has 1 heterocycles. The van der Waals surface area contributed by atoms with Crippen LogP contribution in [0.2, 0.25) is 0 Å². The number of nitrogens with zero attached hydrogens (tertiary/aromatic N) is 1. The largest absolute Gasteiger partial charge is 0.368 e. The Morgan fingerprint density at radius 1 is 1.43 bits per heavy atom. The molecule has 0 aliphatic carbocycles. The van der Waals surface area contributed by atoms with Gasteiger partial charge in [-0.15, -0.1) is 0 Å². The summed E-state index contributed by atoms with van der Waals surface area (Å²) in [5, 5.41) is 9.43. The zero-order valence-corrected chi connectivity index (χ0v) is 9.79.